The van der Waals surface area contributed by atoms with E-state index >= 15 is 0 Å². The Labute approximate surface area is 97.2 Å². The summed E-state index contributed by atoms with van der Waals surface area (Å²) < 4.78 is 0. The van der Waals surface area contributed by atoms with Gasteiger partial charge in [-0.1, -0.05) is 6.92 Å². The molecule has 6 nitrogen and oxygen atoms in total. The van der Waals surface area contributed by atoms with E-state index in [4.69, 9.17) is 0 Å². The van der Waals surface area contributed by atoms with E-state index in [1.54, 1.807) is 0 Å². The first-order chi connectivity index (χ1) is 7.63. The molecule has 1 unspecified atom stereocenters. The lowest BCUT2D eigenvalue weighted by Crippen LogP contribution is -2.29. The maximum absolute atomic E-state index is 11.3. The van der Waals surface area contributed by atoms with Crippen LogP contribution in [0.15, 0.2) is 9.59 Å². The van der Waals surface area contributed by atoms with Crippen molar-refractivity contribution in [2.45, 2.75) is 26.3 Å². The number of rotatable bonds is 6. The first-order valence-electron chi connectivity index (χ1n) is 5.16. The van der Waals surface area contributed by atoms with Crippen molar-refractivity contribution in [1.29, 1.82) is 0 Å². The van der Waals surface area contributed by atoms with Crippen LogP contribution >= 0.6 is 11.8 Å². The van der Waals surface area contributed by atoms with Gasteiger partial charge >= 0.3 is 5.69 Å². The number of aromatic amines is 2. The van der Waals surface area contributed by atoms with Crippen molar-refractivity contribution in [1.82, 2.24) is 15.2 Å². The van der Waals surface area contributed by atoms with Crippen molar-refractivity contribution in [2.24, 2.45) is 0 Å². The van der Waals surface area contributed by atoms with E-state index in [0.717, 1.165) is 17.9 Å². The summed E-state index contributed by atoms with van der Waals surface area (Å²) >= 11 is 1.85. The summed E-state index contributed by atoms with van der Waals surface area (Å²) in [6.45, 7) is 4.08. The smallest absolute Gasteiger partial charge is 0.342 e. The fourth-order valence-electron chi connectivity index (χ4n) is 1.16. The van der Waals surface area contributed by atoms with Gasteiger partial charge in [-0.15, -0.1) is 5.10 Å². The second-order valence-electron chi connectivity index (χ2n) is 3.39. The van der Waals surface area contributed by atoms with Gasteiger partial charge in [-0.05, 0) is 24.9 Å². The lowest BCUT2D eigenvalue weighted by molar-refractivity contribution is 0.751. The van der Waals surface area contributed by atoms with Gasteiger partial charge in [0.05, 0.1) is 0 Å². The highest BCUT2D eigenvalue weighted by Crippen LogP contribution is 2.05. The van der Waals surface area contributed by atoms with Crippen LogP contribution in [0, 0.1) is 0 Å². The van der Waals surface area contributed by atoms with E-state index < -0.39 is 11.2 Å². The predicted molar refractivity (Wildman–Crippen MR) is 66.2 cm³/mol. The molecule has 0 radical (unpaired) electrons. The monoisotopic (exact) mass is 244 g/mol. The Morgan fingerprint density at radius 1 is 1.50 bits per heavy atom. The van der Waals surface area contributed by atoms with Crippen molar-refractivity contribution in [3.63, 3.8) is 0 Å². The number of anilines is 1. The summed E-state index contributed by atoms with van der Waals surface area (Å²) in [6.07, 6.45) is 0.943. The molecule has 0 saturated carbocycles. The summed E-state index contributed by atoms with van der Waals surface area (Å²) in [7, 11) is 0. The molecule has 0 saturated heterocycles. The molecule has 0 fully saturated rings. The Morgan fingerprint density at radius 2 is 2.25 bits per heavy atom. The molecule has 0 aliphatic heterocycles. The fraction of sp³-hybridized carbons (Fsp3) is 0.667. The minimum absolute atomic E-state index is 0.151. The van der Waals surface area contributed by atoms with Gasteiger partial charge in [-0.3, -0.25) is 9.78 Å². The topological polar surface area (TPSA) is 90.6 Å². The first kappa shape index (κ1) is 12.8. The SMILES string of the molecule is CCSCCC(C)Nc1n[nH]c(=O)[nH]c1=O. The molecule has 7 heteroatoms. The van der Waals surface area contributed by atoms with Crippen molar-refractivity contribution >= 4 is 17.6 Å². The van der Waals surface area contributed by atoms with Gasteiger partial charge in [0, 0.05) is 6.04 Å². The predicted octanol–water partition coefficient (Wildman–Crippen LogP) is 0.402. The maximum Gasteiger partial charge on any atom is 0.342 e. The number of nitrogens with zero attached hydrogens (tertiary/aromatic N) is 1. The first-order valence-corrected chi connectivity index (χ1v) is 6.32. The molecular weight excluding hydrogens is 228 g/mol. The van der Waals surface area contributed by atoms with Crippen LogP contribution in [0.2, 0.25) is 0 Å². The van der Waals surface area contributed by atoms with Crippen LogP contribution in [0.1, 0.15) is 20.3 Å². The molecule has 1 rings (SSSR count). The highest BCUT2D eigenvalue weighted by molar-refractivity contribution is 7.99. The molecule has 1 heterocycles. The molecule has 16 heavy (non-hydrogen) atoms. The van der Waals surface area contributed by atoms with E-state index in [1.165, 1.54) is 0 Å². The third kappa shape index (κ3) is 4.09. The maximum atomic E-state index is 11.3. The minimum atomic E-state index is -0.593. The standard InChI is InChI=1S/C9H16N4O2S/c1-3-16-5-4-6(2)10-7-8(14)11-9(15)13-12-7/h6H,3-5H2,1-2H3,(H,10,12)(H2,11,13,14,15). The number of nitrogens with one attached hydrogen (secondary N) is 3. The largest absolute Gasteiger partial charge is 0.362 e. The molecule has 0 aliphatic rings. The molecular formula is C9H16N4O2S. The normalized spacial score (nSPS) is 12.4. The summed E-state index contributed by atoms with van der Waals surface area (Å²) in [4.78, 5) is 24.1. The number of hydrogen-bond donors (Lipinski definition) is 3. The Bertz CT molecular complexity index is 428. The van der Waals surface area contributed by atoms with Crippen LogP contribution in [-0.2, 0) is 0 Å². The zero-order valence-corrected chi connectivity index (χ0v) is 10.2. The van der Waals surface area contributed by atoms with Crippen LogP contribution in [0.3, 0.4) is 0 Å². The molecule has 0 aliphatic carbocycles. The van der Waals surface area contributed by atoms with Crippen molar-refractivity contribution in [3.8, 4) is 0 Å². The number of thioether (sulfide) groups is 1. The minimum Gasteiger partial charge on any atom is -0.362 e. The Morgan fingerprint density at radius 3 is 2.88 bits per heavy atom. The Balaban J connectivity index is 2.53. The van der Waals surface area contributed by atoms with E-state index in [2.05, 4.69) is 27.4 Å². The average molecular weight is 244 g/mol. The molecule has 0 aromatic carbocycles. The number of H-pyrrole nitrogens is 2. The molecule has 3 N–H and O–H groups in total. The fourth-order valence-corrected chi connectivity index (χ4v) is 1.96. The second kappa shape index (κ2) is 6.37. The second-order valence-corrected chi connectivity index (χ2v) is 4.78. The lowest BCUT2D eigenvalue weighted by atomic mass is 10.2. The third-order valence-corrected chi connectivity index (χ3v) is 2.93. The van der Waals surface area contributed by atoms with Crippen molar-refractivity contribution < 1.29 is 0 Å². The van der Waals surface area contributed by atoms with Gasteiger partial charge in [-0.25, -0.2) is 9.89 Å². The number of aromatic nitrogens is 3. The van der Waals surface area contributed by atoms with Crippen LogP contribution in [-0.4, -0.2) is 32.7 Å². The van der Waals surface area contributed by atoms with Crippen LogP contribution in [0.4, 0.5) is 5.82 Å². The van der Waals surface area contributed by atoms with E-state index in [-0.39, 0.29) is 11.9 Å². The van der Waals surface area contributed by atoms with Crippen molar-refractivity contribution in [3.05, 3.63) is 20.8 Å². The van der Waals surface area contributed by atoms with Gasteiger partial charge < -0.3 is 5.32 Å². The lowest BCUT2D eigenvalue weighted by Gasteiger charge is -2.12. The van der Waals surface area contributed by atoms with Crippen LogP contribution in [0.25, 0.3) is 0 Å². The molecule has 0 bridgehead atoms. The summed E-state index contributed by atoms with van der Waals surface area (Å²) in [5.74, 6) is 2.28. The van der Waals surface area contributed by atoms with E-state index in [9.17, 15) is 9.59 Å². The zero-order chi connectivity index (χ0) is 12.0. The highest BCUT2D eigenvalue weighted by Gasteiger charge is 2.06. The van der Waals surface area contributed by atoms with Gasteiger partial charge in [0.2, 0.25) is 5.82 Å². The van der Waals surface area contributed by atoms with Gasteiger partial charge in [0.25, 0.3) is 5.56 Å². The molecule has 1 atom stereocenters. The van der Waals surface area contributed by atoms with Crippen LogP contribution in [0.5, 0.6) is 0 Å². The van der Waals surface area contributed by atoms with Crippen LogP contribution < -0.4 is 16.6 Å². The quantitative estimate of drug-likeness (QED) is 0.630. The molecule has 0 spiro atoms. The van der Waals surface area contributed by atoms with Gasteiger partial charge in [0.1, 0.15) is 0 Å². The number of hydrogen-bond acceptors (Lipinski definition) is 5. The molecule has 0 amide bonds. The third-order valence-electron chi connectivity index (χ3n) is 1.99. The Kier molecular flexibility index (Phi) is 5.10. The van der Waals surface area contributed by atoms with Gasteiger partial charge in [0.15, 0.2) is 0 Å². The summed E-state index contributed by atoms with van der Waals surface area (Å²) in [5.41, 5.74) is -1.08. The average Bonchev–Trinajstić information content (AvgIpc) is 2.23. The molecule has 1 aromatic heterocycles. The summed E-state index contributed by atoms with van der Waals surface area (Å²) in [5, 5.41) is 8.79. The highest BCUT2D eigenvalue weighted by atomic mass is 32.2. The molecule has 90 valence electrons. The molecule has 1 aromatic rings. The Hall–Kier alpha value is -1.24. The summed E-state index contributed by atoms with van der Waals surface area (Å²) in [6, 6.07) is 0.151. The zero-order valence-electron chi connectivity index (χ0n) is 9.37. The van der Waals surface area contributed by atoms with E-state index in [1.807, 2.05) is 18.7 Å². The van der Waals surface area contributed by atoms with Gasteiger partial charge in [-0.2, -0.15) is 11.8 Å². The van der Waals surface area contributed by atoms with Crippen molar-refractivity contribution in [2.75, 3.05) is 16.8 Å². The van der Waals surface area contributed by atoms with E-state index in [0.29, 0.717) is 0 Å².